The second-order valence-electron chi connectivity index (χ2n) is 7.99. The van der Waals surface area contributed by atoms with Gasteiger partial charge in [0.25, 0.3) is 5.91 Å². The lowest BCUT2D eigenvalue weighted by Crippen LogP contribution is -2.49. The van der Waals surface area contributed by atoms with Crippen molar-refractivity contribution in [3.05, 3.63) is 64.4 Å². The molecule has 0 aromatic heterocycles. The minimum Gasteiger partial charge on any atom is -0.480 e. The molecule has 2 amide bonds. The van der Waals surface area contributed by atoms with Gasteiger partial charge in [-0.2, -0.15) is 0 Å². The summed E-state index contributed by atoms with van der Waals surface area (Å²) in [6, 6.07) is 10.1. The average molecular weight is 462 g/mol. The number of amides is 2. The van der Waals surface area contributed by atoms with Crippen LogP contribution in [0.15, 0.2) is 47.5 Å². The molecule has 1 unspecified atom stereocenters. The van der Waals surface area contributed by atoms with E-state index in [2.05, 4.69) is 10.3 Å². The smallest absolute Gasteiger partial charge is 0.409 e. The first-order chi connectivity index (χ1) is 15.0. The van der Waals surface area contributed by atoms with Gasteiger partial charge >= 0.3 is 12.1 Å². The zero-order valence-electron chi connectivity index (χ0n) is 17.6. The Bertz CT molecular complexity index is 1110. The number of nitrogens with one attached hydrogen (secondary N) is 1. The number of rotatable bonds is 4. The van der Waals surface area contributed by atoms with Gasteiger partial charge in [0.2, 0.25) is 6.17 Å². The van der Waals surface area contributed by atoms with Gasteiger partial charge in [-0.1, -0.05) is 23.7 Å². The Hall–Kier alpha value is -3.46. The monoisotopic (exact) mass is 461 g/mol. The summed E-state index contributed by atoms with van der Waals surface area (Å²) in [4.78, 5) is 42.4. The van der Waals surface area contributed by atoms with Crippen LogP contribution in [0, 0.1) is 5.82 Å². The quantitative estimate of drug-likeness (QED) is 0.723. The highest BCUT2D eigenvalue weighted by Crippen LogP contribution is 2.31. The van der Waals surface area contributed by atoms with Gasteiger partial charge in [-0.05, 0) is 51.1 Å². The van der Waals surface area contributed by atoms with Crippen molar-refractivity contribution in [2.24, 2.45) is 4.99 Å². The normalized spacial score (nSPS) is 16.0. The summed E-state index contributed by atoms with van der Waals surface area (Å²) in [6.45, 7) is 4.22. The molecule has 8 nitrogen and oxygen atoms in total. The molecule has 0 saturated carbocycles. The Morgan fingerprint density at radius 1 is 1.22 bits per heavy atom. The number of hydrogen-bond acceptors (Lipinski definition) is 5. The average Bonchev–Trinajstić information content (AvgIpc) is 2.77. The fourth-order valence-corrected chi connectivity index (χ4v) is 3.31. The van der Waals surface area contributed by atoms with E-state index in [1.807, 2.05) is 0 Å². The molecule has 0 spiro atoms. The van der Waals surface area contributed by atoms with Crippen molar-refractivity contribution in [3.63, 3.8) is 0 Å². The van der Waals surface area contributed by atoms with Crippen molar-refractivity contribution in [1.82, 2.24) is 5.32 Å². The van der Waals surface area contributed by atoms with Gasteiger partial charge in [-0.15, -0.1) is 0 Å². The summed E-state index contributed by atoms with van der Waals surface area (Å²) < 4.78 is 19.9. The first kappa shape index (κ1) is 23.2. The third-order valence-electron chi connectivity index (χ3n) is 4.34. The topological polar surface area (TPSA) is 108 Å². The Morgan fingerprint density at radius 2 is 1.91 bits per heavy atom. The SMILES string of the molecule is CC(C)(C)OC(=O)NC1N=C(c2ccccc2F)c2cc(Cl)ccc2N(CC(=O)O)C1=O. The van der Waals surface area contributed by atoms with E-state index >= 15 is 0 Å². The number of halogens is 2. The van der Waals surface area contributed by atoms with Crippen LogP contribution in [0.4, 0.5) is 14.9 Å². The van der Waals surface area contributed by atoms with Gasteiger partial charge in [0.1, 0.15) is 18.0 Å². The number of alkyl carbamates (subject to hydrolysis) is 1. The van der Waals surface area contributed by atoms with Crippen LogP contribution in [0.1, 0.15) is 31.9 Å². The molecule has 0 fully saturated rings. The van der Waals surface area contributed by atoms with E-state index in [0.29, 0.717) is 0 Å². The first-order valence-corrected chi connectivity index (χ1v) is 9.99. The number of carbonyl (C=O) groups excluding carboxylic acids is 2. The molecule has 10 heteroatoms. The molecule has 3 rings (SSSR count). The highest BCUT2D eigenvalue weighted by molar-refractivity contribution is 6.32. The lowest BCUT2D eigenvalue weighted by molar-refractivity contribution is -0.136. The van der Waals surface area contributed by atoms with Gasteiger partial charge < -0.3 is 9.84 Å². The summed E-state index contributed by atoms with van der Waals surface area (Å²) in [5.74, 6) is -2.73. The molecule has 2 N–H and O–H groups in total. The van der Waals surface area contributed by atoms with Gasteiger partial charge in [-0.3, -0.25) is 19.8 Å². The van der Waals surface area contributed by atoms with Crippen molar-refractivity contribution in [2.45, 2.75) is 32.5 Å². The largest absolute Gasteiger partial charge is 0.480 e. The van der Waals surface area contributed by atoms with E-state index in [-0.39, 0.29) is 27.5 Å². The van der Waals surface area contributed by atoms with E-state index in [0.717, 1.165) is 4.90 Å². The zero-order chi connectivity index (χ0) is 23.6. The lowest BCUT2D eigenvalue weighted by atomic mass is 9.99. The number of nitrogens with zero attached hydrogens (tertiary/aromatic N) is 2. The highest BCUT2D eigenvalue weighted by atomic mass is 35.5. The van der Waals surface area contributed by atoms with Crippen LogP contribution in [0.25, 0.3) is 0 Å². The molecule has 0 bridgehead atoms. The number of anilines is 1. The molecule has 0 saturated heterocycles. The Labute approximate surface area is 188 Å². The Balaban J connectivity index is 2.20. The molecule has 0 radical (unpaired) electrons. The van der Waals surface area contributed by atoms with Crippen molar-refractivity contribution < 1.29 is 28.6 Å². The summed E-state index contributed by atoms with van der Waals surface area (Å²) in [5.41, 5.74) is -0.365. The molecule has 2 aromatic rings. The number of carboxylic acids is 1. The minimum absolute atomic E-state index is 0.0305. The summed E-state index contributed by atoms with van der Waals surface area (Å²) in [7, 11) is 0. The highest BCUT2D eigenvalue weighted by Gasteiger charge is 2.35. The second kappa shape index (κ2) is 8.96. The molecule has 168 valence electrons. The predicted molar refractivity (Wildman–Crippen MR) is 117 cm³/mol. The van der Waals surface area contributed by atoms with Crippen LogP contribution in [0.3, 0.4) is 0 Å². The summed E-state index contributed by atoms with van der Waals surface area (Å²) in [5, 5.41) is 12.0. The fourth-order valence-electron chi connectivity index (χ4n) is 3.13. The Morgan fingerprint density at radius 3 is 2.53 bits per heavy atom. The van der Waals surface area contributed by atoms with Crippen LogP contribution in [0.5, 0.6) is 0 Å². The molecule has 1 aliphatic rings. The number of aliphatic carboxylic acids is 1. The van der Waals surface area contributed by atoms with E-state index < -0.39 is 42.1 Å². The van der Waals surface area contributed by atoms with E-state index in [1.165, 1.54) is 36.4 Å². The molecular formula is C22H21ClFN3O5. The number of benzodiazepines with no additional fused rings is 1. The maximum absolute atomic E-state index is 14.7. The standard InChI is InChI=1S/C22H21ClFN3O5/c1-22(2,3)32-21(31)26-19-20(30)27(11-17(28)29)16-9-8-12(23)10-14(16)18(25-19)13-6-4-5-7-15(13)24/h4-10,19H,11H2,1-3H3,(H,26,31)(H,28,29). The predicted octanol–water partition coefficient (Wildman–Crippen LogP) is 3.60. The second-order valence-corrected chi connectivity index (χ2v) is 8.42. The van der Waals surface area contributed by atoms with E-state index in [4.69, 9.17) is 16.3 Å². The van der Waals surface area contributed by atoms with Gasteiger partial charge in [0.05, 0.1) is 11.4 Å². The van der Waals surface area contributed by atoms with Crippen molar-refractivity contribution in [1.29, 1.82) is 0 Å². The van der Waals surface area contributed by atoms with Crippen molar-refractivity contribution in [2.75, 3.05) is 11.4 Å². The summed E-state index contributed by atoms with van der Waals surface area (Å²) in [6.07, 6.45) is -2.50. The van der Waals surface area contributed by atoms with Crippen molar-refractivity contribution >= 4 is 41.0 Å². The molecule has 0 aliphatic carbocycles. The van der Waals surface area contributed by atoms with Crippen LogP contribution >= 0.6 is 11.6 Å². The molecule has 1 aliphatic heterocycles. The zero-order valence-corrected chi connectivity index (χ0v) is 18.3. The maximum atomic E-state index is 14.7. The number of ether oxygens (including phenoxy) is 1. The van der Waals surface area contributed by atoms with E-state index in [1.54, 1.807) is 26.8 Å². The van der Waals surface area contributed by atoms with Crippen LogP contribution < -0.4 is 10.2 Å². The number of carboxylic acid groups (broad SMARTS) is 1. The van der Waals surface area contributed by atoms with Crippen LogP contribution in [-0.4, -0.2) is 47.1 Å². The Kier molecular flexibility index (Phi) is 6.50. The van der Waals surface area contributed by atoms with E-state index in [9.17, 15) is 23.9 Å². The van der Waals surface area contributed by atoms with Crippen LogP contribution in [-0.2, 0) is 14.3 Å². The van der Waals surface area contributed by atoms with Gasteiger partial charge in [0, 0.05) is 16.1 Å². The molecular weight excluding hydrogens is 441 g/mol. The maximum Gasteiger partial charge on any atom is 0.409 e. The molecule has 2 aromatic carbocycles. The number of benzene rings is 2. The first-order valence-electron chi connectivity index (χ1n) is 9.61. The fraction of sp³-hybridized carbons (Fsp3) is 0.273. The molecule has 1 heterocycles. The van der Waals surface area contributed by atoms with Gasteiger partial charge in [0.15, 0.2) is 0 Å². The molecule has 32 heavy (non-hydrogen) atoms. The minimum atomic E-state index is -1.56. The number of hydrogen-bond donors (Lipinski definition) is 2. The number of aliphatic imine (C=N–C) groups is 1. The lowest BCUT2D eigenvalue weighted by Gasteiger charge is -2.25. The van der Waals surface area contributed by atoms with Crippen LogP contribution in [0.2, 0.25) is 5.02 Å². The van der Waals surface area contributed by atoms with Crippen molar-refractivity contribution in [3.8, 4) is 0 Å². The molecule has 1 atom stereocenters. The summed E-state index contributed by atoms with van der Waals surface area (Å²) >= 11 is 6.15. The third kappa shape index (κ3) is 5.23. The van der Waals surface area contributed by atoms with Gasteiger partial charge in [-0.25, -0.2) is 14.2 Å². The number of carbonyl (C=O) groups is 3. The third-order valence-corrected chi connectivity index (χ3v) is 4.57. The number of fused-ring (bicyclic) bond motifs is 1.